The predicted molar refractivity (Wildman–Crippen MR) is 64.5 cm³/mol. The topological polar surface area (TPSA) is 54.9 Å². The molecule has 1 heterocycles. The van der Waals surface area contributed by atoms with Gasteiger partial charge >= 0.3 is 5.69 Å². The minimum absolute atomic E-state index is 0.200. The molecule has 88 valence electrons. The summed E-state index contributed by atoms with van der Waals surface area (Å²) in [5.41, 5.74) is -0.362. The third-order valence-electron chi connectivity index (χ3n) is 2.21. The highest BCUT2D eigenvalue weighted by Gasteiger charge is 2.03. The Hall–Kier alpha value is -1.69. The first-order chi connectivity index (χ1) is 8.06. The molecule has 0 fully saturated rings. The fourth-order valence-corrected chi connectivity index (χ4v) is 1.78. The van der Waals surface area contributed by atoms with Gasteiger partial charge in [0.2, 0.25) is 0 Å². The molecule has 0 amide bonds. The molecule has 0 spiro atoms. The first-order valence-corrected chi connectivity index (χ1v) is 5.59. The quantitative estimate of drug-likeness (QED) is 0.913. The Balaban J connectivity index is 2.40. The van der Waals surface area contributed by atoms with Crippen LogP contribution >= 0.6 is 15.9 Å². The molecule has 0 atom stereocenters. The molecule has 17 heavy (non-hydrogen) atoms. The van der Waals surface area contributed by atoms with Gasteiger partial charge in [-0.2, -0.15) is 0 Å². The van der Waals surface area contributed by atoms with Gasteiger partial charge in [-0.3, -0.25) is 14.3 Å². The molecule has 1 aromatic carbocycles. The van der Waals surface area contributed by atoms with Crippen molar-refractivity contribution in [3.05, 3.63) is 67.2 Å². The number of rotatable bonds is 2. The molecule has 0 saturated heterocycles. The third kappa shape index (κ3) is 2.71. The Bertz CT molecular complexity index is 663. The molecule has 6 heteroatoms. The van der Waals surface area contributed by atoms with Gasteiger partial charge < -0.3 is 0 Å². The molecule has 2 rings (SSSR count). The Labute approximate surface area is 104 Å². The van der Waals surface area contributed by atoms with Crippen molar-refractivity contribution in [1.82, 2.24) is 9.55 Å². The number of nitrogens with one attached hydrogen (secondary N) is 1. The summed E-state index contributed by atoms with van der Waals surface area (Å²) in [7, 11) is 0. The smallest absolute Gasteiger partial charge is 0.295 e. The van der Waals surface area contributed by atoms with E-state index in [2.05, 4.69) is 20.9 Å². The minimum atomic E-state index is -0.525. The van der Waals surface area contributed by atoms with Crippen LogP contribution in [-0.4, -0.2) is 9.55 Å². The van der Waals surface area contributed by atoms with Crippen LogP contribution in [0.5, 0.6) is 0 Å². The van der Waals surface area contributed by atoms with Crippen molar-refractivity contribution in [3.63, 3.8) is 0 Å². The zero-order valence-electron chi connectivity index (χ0n) is 8.61. The normalized spacial score (nSPS) is 10.5. The molecule has 1 aromatic heterocycles. The predicted octanol–water partition coefficient (Wildman–Crippen LogP) is 1.49. The lowest BCUT2D eigenvalue weighted by molar-refractivity contribution is 0.621. The molecule has 4 nitrogen and oxygen atoms in total. The summed E-state index contributed by atoms with van der Waals surface area (Å²) < 4.78 is 14.5. The lowest BCUT2D eigenvalue weighted by atomic mass is 10.2. The number of aromatic nitrogens is 2. The fourth-order valence-electron chi connectivity index (χ4n) is 1.43. The number of nitrogens with zero attached hydrogens (tertiary/aromatic N) is 1. The zero-order chi connectivity index (χ0) is 12.4. The molecule has 0 aliphatic heterocycles. The standard InChI is InChI=1S/C11H8BrFN2O2/c12-9-6-15(11(17)14-10(9)16)5-7-2-1-3-8(13)4-7/h1-4,6H,5H2,(H,14,16,17). The molecule has 1 N–H and O–H groups in total. The Morgan fingerprint density at radius 2 is 2.12 bits per heavy atom. The fraction of sp³-hybridized carbons (Fsp3) is 0.0909. The molecule has 0 bridgehead atoms. The highest BCUT2D eigenvalue weighted by molar-refractivity contribution is 9.10. The summed E-state index contributed by atoms with van der Waals surface area (Å²) in [4.78, 5) is 24.8. The number of aromatic amines is 1. The summed E-state index contributed by atoms with van der Waals surface area (Å²) in [6, 6.07) is 5.94. The minimum Gasteiger partial charge on any atom is -0.295 e. The Kier molecular flexibility index (Phi) is 3.23. The van der Waals surface area contributed by atoms with Crippen LogP contribution in [0.1, 0.15) is 5.56 Å². The van der Waals surface area contributed by atoms with Crippen LogP contribution in [-0.2, 0) is 6.54 Å². The molecule has 0 aliphatic rings. The van der Waals surface area contributed by atoms with Gasteiger partial charge in [-0.15, -0.1) is 0 Å². The third-order valence-corrected chi connectivity index (χ3v) is 2.77. The average molecular weight is 299 g/mol. The van der Waals surface area contributed by atoms with E-state index in [-0.39, 0.29) is 16.8 Å². The van der Waals surface area contributed by atoms with E-state index in [1.165, 1.54) is 22.9 Å². The Morgan fingerprint density at radius 1 is 1.35 bits per heavy atom. The Morgan fingerprint density at radius 3 is 2.82 bits per heavy atom. The van der Waals surface area contributed by atoms with Crippen molar-refractivity contribution in [1.29, 1.82) is 0 Å². The van der Waals surface area contributed by atoms with Gasteiger partial charge in [-0.1, -0.05) is 12.1 Å². The highest BCUT2D eigenvalue weighted by atomic mass is 79.9. The zero-order valence-corrected chi connectivity index (χ0v) is 10.2. The van der Waals surface area contributed by atoms with Crippen LogP contribution in [0.2, 0.25) is 0 Å². The maximum atomic E-state index is 13.0. The maximum absolute atomic E-state index is 13.0. The van der Waals surface area contributed by atoms with Crippen molar-refractivity contribution < 1.29 is 4.39 Å². The van der Waals surface area contributed by atoms with Crippen LogP contribution in [0.25, 0.3) is 0 Å². The van der Waals surface area contributed by atoms with Crippen molar-refractivity contribution >= 4 is 15.9 Å². The first kappa shape index (κ1) is 11.8. The number of hydrogen-bond acceptors (Lipinski definition) is 2. The van der Waals surface area contributed by atoms with Crippen LogP contribution < -0.4 is 11.2 Å². The second-order valence-corrected chi connectivity index (χ2v) is 4.35. The lowest BCUT2D eigenvalue weighted by Crippen LogP contribution is -2.30. The second kappa shape index (κ2) is 4.67. The molecule has 2 aromatic rings. The summed E-state index contributed by atoms with van der Waals surface area (Å²) in [5.74, 6) is -0.362. The summed E-state index contributed by atoms with van der Waals surface area (Å²) >= 11 is 3.03. The molecule has 0 radical (unpaired) electrons. The molecule has 0 saturated carbocycles. The van der Waals surface area contributed by atoms with E-state index < -0.39 is 11.2 Å². The van der Waals surface area contributed by atoms with E-state index in [1.54, 1.807) is 12.1 Å². The first-order valence-electron chi connectivity index (χ1n) is 4.80. The SMILES string of the molecule is O=c1[nH]c(=O)n(Cc2cccc(F)c2)cc1Br. The average Bonchev–Trinajstić information content (AvgIpc) is 2.26. The number of halogens is 2. The van der Waals surface area contributed by atoms with Crippen LogP contribution in [0, 0.1) is 5.82 Å². The van der Waals surface area contributed by atoms with Gasteiger partial charge in [0.05, 0.1) is 11.0 Å². The van der Waals surface area contributed by atoms with Crippen molar-refractivity contribution in [2.45, 2.75) is 6.54 Å². The molecular formula is C11H8BrFN2O2. The van der Waals surface area contributed by atoms with Gasteiger partial charge in [0, 0.05) is 6.20 Å². The monoisotopic (exact) mass is 298 g/mol. The van der Waals surface area contributed by atoms with Gasteiger partial charge in [0.15, 0.2) is 0 Å². The van der Waals surface area contributed by atoms with Gasteiger partial charge in [0.1, 0.15) is 5.82 Å². The number of hydrogen-bond donors (Lipinski definition) is 1. The number of H-pyrrole nitrogens is 1. The van der Waals surface area contributed by atoms with E-state index >= 15 is 0 Å². The van der Waals surface area contributed by atoms with Crippen LogP contribution in [0.3, 0.4) is 0 Å². The molecule has 0 unspecified atom stereocenters. The van der Waals surface area contributed by atoms with Crippen molar-refractivity contribution in [2.75, 3.05) is 0 Å². The van der Waals surface area contributed by atoms with E-state index in [9.17, 15) is 14.0 Å². The lowest BCUT2D eigenvalue weighted by Gasteiger charge is -2.05. The van der Waals surface area contributed by atoms with Crippen molar-refractivity contribution in [2.24, 2.45) is 0 Å². The molecular weight excluding hydrogens is 291 g/mol. The highest BCUT2D eigenvalue weighted by Crippen LogP contribution is 2.05. The van der Waals surface area contributed by atoms with Crippen molar-refractivity contribution in [3.8, 4) is 0 Å². The van der Waals surface area contributed by atoms with E-state index in [0.717, 1.165) is 0 Å². The van der Waals surface area contributed by atoms with Gasteiger partial charge in [-0.05, 0) is 33.6 Å². The van der Waals surface area contributed by atoms with E-state index in [1.807, 2.05) is 0 Å². The van der Waals surface area contributed by atoms with Gasteiger partial charge in [0.25, 0.3) is 5.56 Å². The summed E-state index contributed by atoms with van der Waals surface area (Å²) in [6.45, 7) is 0.200. The van der Waals surface area contributed by atoms with Crippen LogP contribution in [0.4, 0.5) is 4.39 Å². The maximum Gasteiger partial charge on any atom is 0.328 e. The van der Waals surface area contributed by atoms with Gasteiger partial charge in [-0.25, -0.2) is 9.18 Å². The largest absolute Gasteiger partial charge is 0.328 e. The van der Waals surface area contributed by atoms with E-state index in [4.69, 9.17) is 0 Å². The van der Waals surface area contributed by atoms with E-state index in [0.29, 0.717) is 5.56 Å². The number of benzene rings is 1. The summed E-state index contributed by atoms with van der Waals surface area (Å²) in [5, 5.41) is 0. The van der Waals surface area contributed by atoms with Crippen LogP contribution in [0.15, 0.2) is 44.5 Å². The second-order valence-electron chi connectivity index (χ2n) is 3.49. The summed E-state index contributed by atoms with van der Waals surface area (Å²) in [6.07, 6.45) is 1.38. The molecule has 0 aliphatic carbocycles.